The van der Waals surface area contributed by atoms with Crippen LogP contribution in [0.2, 0.25) is 5.02 Å². The van der Waals surface area contributed by atoms with Gasteiger partial charge in [-0.25, -0.2) is 4.39 Å². The highest BCUT2D eigenvalue weighted by atomic mass is 35.5. The van der Waals surface area contributed by atoms with Crippen LogP contribution in [-0.4, -0.2) is 25.5 Å². The molecule has 0 aromatic heterocycles. The van der Waals surface area contributed by atoms with Crippen LogP contribution in [0.5, 0.6) is 0 Å². The summed E-state index contributed by atoms with van der Waals surface area (Å²) in [4.78, 5) is 1.85. The van der Waals surface area contributed by atoms with Gasteiger partial charge in [-0.15, -0.1) is 0 Å². The van der Waals surface area contributed by atoms with E-state index in [4.69, 9.17) is 17.3 Å². The smallest absolute Gasteiger partial charge is 0.129 e. The molecular formula is C10H14ClFN2. The zero-order chi connectivity index (χ0) is 10.7. The first kappa shape index (κ1) is 11.4. The third-order valence-corrected chi connectivity index (χ3v) is 2.51. The SMILES string of the molecule is CN(C)[C@@H](CN)c1c(F)cccc1Cl. The molecule has 2 nitrogen and oxygen atoms in total. The number of hydrogen-bond acceptors (Lipinski definition) is 2. The maximum atomic E-state index is 13.5. The van der Waals surface area contributed by atoms with Gasteiger partial charge in [-0.1, -0.05) is 17.7 Å². The molecule has 0 unspecified atom stereocenters. The number of nitrogens with zero attached hydrogens (tertiary/aromatic N) is 1. The van der Waals surface area contributed by atoms with Crippen molar-refractivity contribution in [3.63, 3.8) is 0 Å². The van der Waals surface area contributed by atoms with E-state index >= 15 is 0 Å². The molecule has 0 fully saturated rings. The average Bonchev–Trinajstić information content (AvgIpc) is 2.10. The predicted molar refractivity (Wildman–Crippen MR) is 56.9 cm³/mol. The van der Waals surface area contributed by atoms with Gasteiger partial charge < -0.3 is 10.6 Å². The molecule has 0 bridgehead atoms. The average molecular weight is 217 g/mol. The van der Waals surface area contributed by atoms with E-state index in [1.807, 2.05) is 19.0 Å². The van der Waals surface area contributed by atoms with Crippen molar-refractivity contribution in [1.29, 1.82) is 0 Å². The Morgan fingerprint density at radius 1 is 1.50 bits per heavy atom. The maximum Gasteiger partial charge on any atom is 0.129 e. The molecule has 0 saturated heterocycles. The van der Waals surface area contributed by atoms with Crippen LogP contribution >= 0.6 is 11.6 Å². The fourth-order valence-corrected chi connectivity index (χ4v) is 1.70. The van der Waals surface area contributed by atoms with Gasteiger partial charge in [0.2, 0.25) is 0 Å². The van der Waals surface area contributed by atoms with Gasteiger partial charge in [0.15, 0.2) is 0 Å². The molecule has 2 N–H and O–H groups in total. The summed E-state index contributed by atoms with van der Waals surface area (Å²) in [6, 6.07) is 4.48. The van der Waals surface area contributed by atoms with Crippen molar-refractivity contribution in [3.05, 3.63) is 34.6 Å². The summed E-state index contributed by atoms with van der Waals surface area (Å²) in [5.41, 5.74) is 6.05. The zero-order valence-corrected chi connectivity index (χ0v) is 9.05. The summed E-state index contributed by atoms with van der Waals surface area (Å²) in [6.07, 6.45) is 0. The Morgan fingerprint density at radius 2 is 2.14 bits per heavy atom. The molecule has 14 heavy (non-hydrogen) atoms. The molecule has 0 aliphatic rings. The van der Waals surface area contributed by atoms with Crippen LogP contribution in [0.4, 0.5) is 4.39 Å². The minimum Gasteiger partial charge on any atom is -0.329 e. The molecule has 78 valence electrons. The van der Waals surface area contributed by atoms with Gasteiger partial charge in [-0.05, 0) is 26.2 Å². The third kappa shape index (κ3) is 2.23. The van der Waals surface area contributed by atoms with Crippen LogP contribution in [0.1, 0.15) is 11.6 Å². The third-order valence-electron chi connectivity index (χ3n) is 2.18. The van der Waals surface area contributed by atoms with Gasteiger partial charge in [0.1, 0.15) is 5.82 Å². The second kappa shape index (κ2) is 4.73. The molecule has 4 heteroatoms. The van der Waals surface area contributed by atoms with Crippen molar-refractivity contribution in [3.8, 4) is 0 Å². The van der Waals surface area contributed by atoms with E-state index in [0.717, 1.165) is 0 Å². The summed E-state index contributed by atoms with van der Waals surface area (Å²) in [7, 11) is 3.70. The van der Waals surface area contributed by atoms with E-state index in [1.54, 1.807) is 12.1 Å². The van der Waals surface area contributed by atoms with Crippen LogP contribution in [0.25, 0.3) is 0 Å². The molecular weight excluding hydrogens is 203 g/mol. The van der Waals surface area contributed by atoms with Crippen molar-refractivity contribution in [2.45, 2.75) is 6.04 Å². The topological polar surface area (TPSA) is 29.3 Å². The Bertz CT molecular complexity index is 295. The monoisotopic (exact) mass is 216 g/mol. The first-order valence-electron chi connectivity index (χ1n) is 4.38. The molecule has 1 aromatic carbocycles. The van der Waals surface area contributed by atoms with Gasteiger partial charge in [0.05, 0.1) is 6.04 Å². The Kier molecular flexibility index (Phi) is 3.86. The van der Waals surface area contributed by atoms with E-state index < -0.39 is 0 Å². The summed E-state index contributed by atoms with van der Waals surface area (Å²) in [5, 5.41) is 0.425. The van der Waals surface area contributed by atoms with Gasteiger partial charge in [-0.3, -0.25) is 0 Å². The highest BCUT2D eigenvalue weighted by Crippen LogP contribution is 2.27. The lowest BCUT2D eigenvalue weighted by Crippen LogP contribution is -2.28. The van der Waals surface area contributed by atoms with Gasteiger partial charge in [0.25, 0.3) is 0 Å². The van der Waals surface area contributed by atoms with Gasteiger partial charge >= 0.3 is 0 Å². The van der Waals surface area contributed by atoms with E-state index in [-0.39, 0.29) is 11.9 Å². The Hall–Kier alpha value is -0.640. The van der Waals surface area contributed by atoms with Crippen molar-refractivity contribution in [1.82, 2.24) is 4.90 Å². The second-order valence-electron chi connectivity index (χ2n) is 3.35. The molecule has 1 rings (SSSR count). The van der Waals surface area contributed by atoms with Crippen LogP contribution in [0, 0.1) is 5.82 Å². The highest BCUT2D eigenvalue weighted by Gasteiger charge is 2.19. The van der Waals surface area contributed by atoms with Gasteiger partial charge in [-0.2, -0.15) is 0 Å². The lowest BCUT2D eigenvalue weighted by Gasteiger charge is -2.24. The number of likely N-dealkylation sites (N-methyl/N-ethyl adjacent to an activating group) is 1. The molecule has 0 saturated carbocycles. The first-order chi connectivity index (χ1) is 6.57. The minimum atomic E-state index is -0.304. The minimum absolute atomic E-state index is 0.177. The normalized spacial score (nSPS) is 13.3. The quantitative estimate of drug-likeness (QED) is 0.838. The summed E-state index contributed by atoms with van der Waals surface area (Å²) >= 11 is 5.92. The first-order valence-corrected chi connectivity index (χ1v) is 4.76. The molecule has 0 heterocycles. The Morgan fingerprint density at radius 3 is 2.57 bits per heavy atom. The zero-order valence-electron chi connectivity index (χ0n) is 8.30. The molecule has 1 aromatic rings. The fraction of sp³-hybridized carbons (Fsp3) is 0.400. The molecule has 0 aliphatic carbocycles. The molecule has 0 amide bonds. The van der Waals surface area contributed by atoms with Crippen LogP contribution in [-0.2, 0) is 0 Å². The Labute approximate surface area is 88.5 Å². The largest absolute Gasteiger partial charge is 0.329 e. The van der Waals surface area contributed by atoms with E-state index in [9.17, 15) is 4.39 Å². The summed E-state index contributed by atoms with van der Waals surface area (Å²) < 4.78 is 13.5. The van der Waals surface area contributed by atoms with Crippen LogP contribution < -0.4 is 5.73 Å². The van der Waals surface area contributed by atoms with Gasteiger partial charge in [0, 0.05) is 17.1 Å². The van der Waals surface area contributed by atoms with Crippen molar-refractivity contribution in [2.75, 3.05) is 20.6 Å². The van der Waals surface area contributed by atoms with Crippen LogP contribution in [0.15, 0.2) is 18.2 Å². The number of rotatable bonds is 3. The predicted octanol–water partition coefficient (Wildman–Crippen LogP) is 2.04. The highest BCUT2D eigenvalue weighted by molar-refractivity contribution is 6.31. The van der Waals surface area contributed by atoms with Crippen molar-refractivity contribution < 1.29 is 4.39 Å². The number of hydrogen-bond donors (Lipinski definition) is 1. The summed E-state index contributed by atoms with van der Waals surface area (Å²) in [6.45, 7) is 0.341. The number of nitrogens with two attached hydrogens (primary N) is 1. The number of benzene rings is 1. The lowest BCUT2D eigenvalue weighted by atomic mass is 10.1. The lowest BCUT2D eigenvalue weighted by molar-refractivity contribution is 0.298. The van der Waals surface area contributed by atoms with Crippen LogP contribution in [0.3, 0.4) is 0 Å². The summed E-state index contributed by atoms with van der Waals surface area (Å²) in [5.74, 6) is -0.304. The molecule has 1 atom stereocenters. The molecule has 0 spiro atoms. The molecule has 0 aliphatic heterocycles. The second-order valence-corrected chi connectivity index (χ2v) is 3.76. The van der Waals surface area contributed by atoms with E-state index in [1.165, 1.54) is 6.07 Å². The molecule has 0 radical (unpaired) electrons. The van der Waals surface area contributed by atoms with Crippen molar-refractivity contribution in [2.24, 2.45) is 5.73 Å². The maximum absolute atomic E-state index is 13.5. The standard InChI is InChI=1S/C10H14ClFN2/c1-14(2)9(6-13)10-7(11)4-3-5-8(10)12/h3-5,9H,6,13H2,1-2H3/t9-/m0/s1. The number of halogens is 2. The van der Waals surface area contributed by atoms with Crippen molar-refractivity contribution >= 4 is 11.6 Å². The Balaban J connectivity index is 3.15. The fourth-order valence-electron chi connectivity index (χ4n) is 1.42. The van der Waals surface area contributed by atoms with E-state index in [0.29, 0.717) is 17.1 Å². The van der Waals surface area contributed by atoms with E-state index in [2.05, 4.69) is 0 Å².